The second-order valence-corrected chi connectivity index (χ2v) is 5.75. The van der Waals surface area contributed by atoms with E-state index in [1.54, 1.807) is 30.3 Å². The first-order valence-electron chi connectivity index (χ1n) is 6.89. The van der Waals surface area contributed by atoms with E-state index in [9.17, 15) is 9.65 Å². The van der Waals surface area contributed by atoms with E-state index in [4.69, 9.17) is 11.6 Å². The molecule has 1 aliphatic carbocycles. The van der Waals surface area contributed by atoms with Gasteiger partial charge in [-0.15, -0.1) is 0 Å². The summed E-state index contributed by atoms with van der Waals surface area (Å²) in [4.78, 5) is 0. The molecule has 1 unspecified atom stereocenters. The van der Waals surface area contributed by atoms with E-state index in [2.05, 4.69) is 11.4 Å². The molecule has 0 radical (unpaired) electrons. The number of hydrogen-bond donors (Lipinski definition) is 1. The Morgan fingerprint density at radius 2 is 1.90 bits per heavy atom. The van der Waals surface area contributed by atoms with Crippen LogP contribution in [0.1, 0.15) is 30.0 Å². The summed E-state index contributed by atoms with van der Waals surface area (Å²) in [5, 5.41) is 13.2. The van der Waals surface area contributed by atoms with Crippen LogP contribution in [0.5, 0.6) is 0 Å². The third-order valence-electron chi connectivity index (χ3n) is 3.74. The predicted molar refractivity (Wildman–Crippen MR) is 81.7 cm³/mol. The van der Waals surface area contributed by atoms with Crippen LogP contribution in [0.15, 0.2) is 42.5 Å². The molecule has 2 aromatic carbocycles. The molecule has 3 rings (SSSR count). The van der Waals surface area contributed by atoms with E-state index < -0.39 is 0 Å². The number of nitriles is 1. The van der Waals surface area contributed by atoms with Gasteiger partial charge in [0.2, 0.25) is 0 Å². The lowest BCUT2D eigenvalue weighted by Crippen LogP contribution is -2.13. The van der Waals surface area contributed by atoms with Crippen LogP contribution < -0.4 is 5.32 Å². The monoisotopic (exact) mass is 300 g/mol. The summed E-state index contributed by atoms with van der Waals surface area (Å²) in [6.45, 7) is 0. The second kappa shape index (κ2) is 5.75. The maximum atomic E-state index is 13.1. The lowest BCUT2D eigenvalue weighted by atomic mass is 10.0. The van der Waals surface area contributed by atoms with Crippen LogP contribution in [0.4, 0.5) is 10.1 Å². The van der Waals surface area contributed by atoms with Gasteiger partial charge in [0.05, 0.1) is 17.3 Å². The van der Waals surface area contributed by atoms with Gasteiger partial charge in [0.15, 0.2) is 0 Å². The second-order valence-electron chi connectivity index (χ2n) is 5.31. The predicted octanol–water partition coefficient (Wildman–Crippen LogP) is 4.91. The number of nitrogens with zero attached hydrogens (tertiary/aromatic N) is 1. The highest BCUT2D eigenvalue weighted by Gasteiger charge is 2.32. The molecule has 0 spiro atoms. The molecule has 0 bridgehead atoms. The van der Waals surface area contributed by atoms with Gasteiger partial charge < -0.3 is 5.32 Å². The van der Waals surface area contributed by atoms with Crippen molar-refractivity contribution in [2.24, 2.45) is 5.92 Å². The Labute approximate surface area is 128 Å². The molecule has 1 atom stereocenters. The van der Waals surface area contributed by atoms with Gasteiger partial charge in [-0.2, -0.15) is 5.26 Å². The average molecular weight is 301 g/mol. The first kappa shape index (κ1) is 13.9. The van der Waals surface area contributed by atoms with E-state index in [1.165, 1.54) is 12.1 Å². The maximum absolute atomic E-state index is 13.1. The van der Waals surface area contributed by atoms with E-state index >= 15 is 0 Å². The van der Waals surface area contributed by atoms with E-state index in [0.717, 1.165) is 24.1 Å². The lowest BCUT2D eigenvalue weighted by molar-refractivity contribution is 0.622. The van der Waals surface area contributed by atoms with Crippen LogP contribution in [-0.4, -0.2) is 0 Å². The van der Waals surface area contributed by atoms with Gasteiger partial charge in [-0.1, -0.05) is 23.7 Å². The van der Waals surface area contributed by atoms with Crippen molar-refractivity contribution in [2.75, 3.05) is 5.32 Å². The third-order valence-corrected chi connectivity index (χ3v) is 3.97. The number of halogens is 2. The van der Waals surface area contributed by atoms with Crippen LogP contribution in [0, 0.1) is 23.1 Å². The van der Waals surface area contributed by atoms with Crippen LogP contribution in [0.25, 0.3) is 0 Å². The van der Waals surface area contributed by atoms with Crippen molar-refractivity contribution in [2.45, 2.75) is 18.9 Å². The molecule has 1 saturated carbocycles. The standard InChI is InChI=1S/C17H14ClFN2/c18-14-6-3-13(10-20)16(9-14)21-17(11-1-2-11)12-4-7-15(19)8-5-12/h3-9,11,17,21H,1-2H2. The molecular weight excluding hydrogens is 287 g/mol. The van der Waals surface area contributed by atoms with Crippen molar-refractivity contribution in [3.05, 3.63) is 64.4 Å². The number of benzene rings is 2. The summed E-state index contributed by atoms with van der Waals surface area (Å²) < 4.78 is 13.1. The molecule has 2 nitrogen and oxygen atoms in total. The SMILES string of the molecule is N#Cc1ccc(Cl)cc1NC(c1ccc(F)cc1)C1CC1. The van der Waals surface area contributed by atoms with Crippen molar-refractivity contribution >= 4 is 17.3 Å². The molecule has 4 heteroatoms. The molecular formula is C17H14ClFN2. The number of nitrogens with one attached hydrogen (secondary N) is 1. The van der Waals surface area contributed by atoms with Gasteiger partial charge in [0.1, 0.15) is 11.9 Å². The van der Waals surface area contributed by atoms with Gasteiger partial charge in [-0.3, -0.25) is 0 Å². The smallest absolute Gasteiger partial charge is 0.123 e. The Morgan fingerprint density at radius 1 is 1.19 bits per heavy atom. The van der Waals surface area contributed by atoms with Gasteiger partial charge in [0, 0.05) is 5.02 Å². The molecule has 0 heterocycles. The summed E-state index contributed by atoms with van der Waals surface area (Å²) in [6, 6.07) is 13.9. The Morgan fingerprint density at radius 3 is 2.52 bits per heavy atom. The molecule has 106 valence electrons. The minimum absolute atomic E-state index is 0.0798. The molecule has 0 amide bonds. The van der Waals surface area contributed by atoms with Crippen molar-refractivity contribution in [3.63, 3.8) is 0 Å². The fraction of sp³-hybridized carbons (Fsp3) is 0.235. The lowest BCUT2D eigenvalue weighted by Gasteiger charge is -2.21. The minimum Gasteiger partial charge on any atom is -0.377 e. The Balaban J connectivity index is 1.91. The highest BCUT2D eigenvalue weighted by molar-refractivity contribution is 6.30. The van der Waals surface area contributed by atoms with Crippen molar-refractivity contribution in [1.82, 2.24) is 0 Å². The zero-order valence-electron chi connectivity index (χ0n) is 11.3. The first-order chi connectivity index (χ1) is 10.2. The first-order valence-corrected chi connectivity index (χ1v) is 7.27. The molecule has 2 aromatic rings. The summed E-state index contributed by atoms with van der Waals surface area (Å²) >= 11 is 6.02. The van der Waals surface area contributed by atoms with Crippen LogP contribution in [0.2, 0.25) is 5.02 Å². The molecule has 0 saturated heterocycles. The van der Waals surface area contributed by atoms with Crippen LogP contribution in [0.3, 0.4) is 0 Å². The topological polar surface area (TPSA) is 35.8 Å². The van der Waals surface area contributed by atoms with Gasteiger partial charge in [-0.05, 0) is 54.7 Å². The van der Waals surface area contributed by atoms with Gasteiger partial charge >= 0.3 is 0 Å². The number of anilines is 1. The molecule has 1 fully saturated rings. The van der Waals surface area contributed by atoms with Gasteiger partial charge in [-0.25, -0.2) is 4.39 Å². The summed E-state index contributed by atoms with van der Waals surface area (Å²) in [5.41, 5.74) is 2.32. The minimum atomic E-state index is -0.242. The Hall–Kier alpha value is -2.05. The van der Waals surface area contributed by atoms with Gasteiger partial charge in [0.25, 0.3) is 0 Å². The Kier molecular flexibility index (Phi) is 3.81. The zero-order chi connectivity index (χ0) is 14.8. The molecule has 0 aromatic heterocycles. The zero-order valence-corrected chi connectivity index (χ0v) is 12.1. The normalized spacial score (nSPS) is 15.3. The van der Waals surface area contributed by atoms with E-state index in [1.807, 2.05) is 0 Å². The summed E-state index contributed by atoms with van der Waals surface area (Å²) in [5.74, 6) is 0.273. The quantitative estimate of drug-likeness (QED) is 0.870. The highest BCUT2D eigenvalue weighted by atomic mass is 35.5. The van der Waals surface area contributed by atoms with Crippen molar-refractivity contribution < 1.29 is 4.39 Å². The molecule has 1 aliphatic rings. The average Bonchev–Trinajstić information content (AvgIpc) is 3.31. The molecule has 1 N–H and O–H groups in total. The van der Waals surface area contributed by atoms with Crippen LogP contribution in [-0.2, 0) is 0 Å². The molecule has 0 aliphatic heterocycles. The van der Waals surface area contributed by atoms with Crippen LogP contribution >= 0.6 is 11.6 Å². The summed E-state index contributed by atoms with van der Waals surface area (Å²) in [7, 11) is 0. The van der Waals surface area contributed by atoms with Crippen molar-refractivity contribution in [1.29, 1.82) is 5.26 Å². The largest absolute Gasteiger partial charge is 0.377 e. The number of rotatable bonds is 4. The fourth-order valence-electron chi connectivity index (χ4n) is 2.47. The highest BCUT2D eigenvalue weighted by Crippen LogP contribution is 2.43. The fourth-order valence-corrected chi connectivity index (χ4v) is 2.65. The Bertz CT molecular complexity index is 687. The van der Waals surface area contributed by atoms with E-state index in [-0.39, 0.29) is 11.9 Å². The van der Waals surface area contributed by atoms with E-state index in [0.29, 0.717) is 16.5 Å². The number of hydrogen-bond acceptors (Lipinski definition) is 2. The van der Waals surface area contributed by atoms with Crippen molar-refractivity contribution in [3.8, 4) is 6.07 Å². The summed E-state index contributed by atoms with van der Waals surface area (Å²) in [6.07, 6.45) is 2.27. The maximum Gasteiger partial charge on any atom is 0.123 e. The molecule has 21 heavy (non-hydrogen) atoms. The third kappa shape index (κ3) is 3.17.